The summed E-state index contributed by atoms with van der Waals surface area (Å²) in [6.07, 6.45) is -0.0491. The summed E-state index contributed by atoms with van der Waals surface area (Å²) in [6.45, 7) is 3.76. The molecule has 1 aromatic carbocycles. The van der Waals surface area contributed by atoms with Gasteiger partial charge in [0.2, 0.25) is 0 Å². The Hall–Kier alpha value is -0.900. The fourth-order valence-electron chi connectivity index (χ4n) is 1.83. The van der Waals surface area contributed by atoms with Crippen LogP contribution < -0.4 is 0 Å². The first kappa shape index (κ1) is 11.6. The van der Waals surface area contributed by atoms with Crippen LogP contribution in [0.5, 0.6) is 0 Å². The van der Waals surface area contributed by atoms with Crippen LogP contribution in [0.2, 0.25) is 0 Å². The number of aryl methyl sites for hydroxylation is 1. The molecule has 3 nitrogen and oxygen atoms in total. The summed E-state index contributed by atoms with van der Waals surface area (Å²) < 4.78 is 10.7. The summed E-state index contributed by atoms with van der Waals surface area (Å²) in [4.78, 5) is 0. The van der Waals surface area contributed by atoms with E-state index in [0.29, 0.717) is 26.2 Å². The molecule has 0 aromatic heterocycles. The topological polar surface area (TPSA) is 38.7 Å². The van der Waals surface area contributed by atoms with E-state index in [-0.39, 0.29) is 6.10 Å². The first-order chi connectivity index (χ1) is 7.75. The number of aliphatic hydroxyl groups is 1. The molecule has 0 aliphatic carbocycles. The lowest BCUT2D eigenvalue weighted by atomic mass is 10.0. The van der Waals surface area contributed by atoms with Gasteiger partial charge in [0.15, 0.2) is 0 Å². The normalized spacial score (nSPS) is 23.0. The predicted octanol–water partition coefficient (Wildman–Crippen LogP) is 1.31. The van der Waals surface area contributed by atoms with Crippen LogP contribution in [0, 0.1) is 6.92 Å². The molecule has 0 spiro atoms. The standard InChI is InChI=1S/C13H18O3/c1-10-2-4-11(5-3-10)8-12(14)13-9-15-6-7-16-13/h2-5,12-14H,6-9H2,1H3. The lowest BCUT2D eigenvalue weighted by molar-refractivity contribution is -0.131. The van der Waals surface area contributed by atoms with Gasteiger partial charge in [-0.15, -0.1) is 0 Å². The van der Waals surface area contributed by atoms with E-state index in [1.807, 2.05) is 12.1 Å². The van der Waals surface area contributed by atoms with E-state index in [1.54, 1.807) is 0 Å². The van der Waals surface area contributed by atoms with Crippen LogP contribution in [0.25, 0.3) is 0 Å². The summed E-state index contributed by atoms with van der Waals surface area (Å²) in [7, 11) is 0. The highest BCUT2D eigenvalue weighted by Gasteiger charge is 2.23. The lowest BCUT2D eigenvalue weighted by Crippen LogP contribution is -2.39. The number of ether oxygens (including phenoxy) is 2. The van der Waals surface area contributed by atoms with Crippen LogP contribution in [0.15, 0.2) is 24.3 Å². The molecular formula is C13H18O3. The second-order valence-corrected chi connectivity index (χ2v) is 4.24. The maximum Gasteiger partial charge on any atom is 0.107 e. The minimum atomic E-state index is -0.483. The highest BCUT2D eigenvalue weighted by molar-refractivity contribution is 5.22. The van der Waals surface area contributed by atoms with Gasteiger partial charge in [0.05, 0.1) is 25.9 Å². The molecule has 0 amide bonds. The highest BCUT2D eigenvalue weighted by atomic mass is 16.6. The Balaban J connectivity index is 1.90. The number of hydrogen-bond acceptors (Lipinski definition) is 3. The van der Waals surface area contributed by atoms with Crippen molar-refractivity contribution in [3.63, 3.8) is 0 Å². The van der Waals surface area contributed by atoms with Gasteiger partial charge < -0.3 is 14.6 Å². The molecule has 16 heavy (non-hydrogen) atoms. The number of hydrogen-bond donors (Lipinski definition) is 1. The van der Waals surface area contributed by atoms with Gasteiger partial charge >= 0.3 is 0 Å². The van der Waals surface area contributed by atoms with E-state index in [0.717, 1.165) is 5.56 Å². The second kappa shape index (κ2) is 5.43. The third kappa shape index (κ3) is 3.04. The first-order valence-corrected chi connectivity index (χ1v) is 5.68. The first-order valence-electron chi connectivity index (χ1n) is 5.68. The smallest absolute Gasteiger partial charge is 0.107 e. The molecule has 2 unspecified atom stereocenters. The molecule has 0 saturated carbocycles. The van der Waals surface area contributed by atoms with E-state index >= 15 is 0 Å². The van der Waals surface area contributed by atoms with Crippen molar-refractivity contribution in [3.8, 4) is 0 Å². The molecule has 88 valence electrons. The molecule has 1 aromatic rings. The number of aliphatic hydroxyl groups excluding tert-OH is 1. The van der Waals surface area contributed by atoms with Crippen molar-refractivity contribution in [2.45, 2.75) is 25.6 Å². The van der Waals surface area contributed by atoms with Crippen LogP contribution in [0.4, 0.5) is 0 Å². The van der Waals surface area contributed by atoms with Crippen molar-refractivity contribution in [2.75, 3.05) is 19.8 Å². The summed E-state index contributed by atoms with van der Waals surface area (Å²) in [5.74, 6) is 0. The summed E-state index contributed by atoms with van der Waals surface area (Å²) in [5, 5.41) is 9.99. The molecule has 2 rings (SSSR count). The molecule has 1 N–H and O–H groups in total. The monoisotopic (exact) mass is 222 g/mol. The quantitative estimate of drug-likeness (QED) is 0.838. The molecule has 1 aliphatic rings. The molecule has 0 radical (unpaired) electrons. The van der Waals surface area contributed by atoms with Gasteiger partial charge in [0, 0.05) is 6.42 Å². The molecule has 1 fully saturated rings. The van der Waals surface area contributed by atoms with Crippen molar-refractivity contribution in [3.05, 3.63) is 35.4 Å². The van der Waals surface area contributed by atoms with Crippen molar-refractivity contribution < 1.29 is 14.6 Å². The Morgan fingerprint density at radius 3 is 2.69 bits per heavy atom. The van der Waals surface area contributed by atoms with Crippen molar-refractivity contribution in [1.82, 2.24) is 0 Å². The average Bonchev–Trinajstić information content (AvgIpc) is 2.33. The fourth-order valence-corrected chi connectivity index (χ4v) is 1.83. The zero-order valence-electron chi connectivity index (χ0n) is 9.56. The predicted molar refractivity (Wildman–Crippen MR) is 61.4 cm³/mol. The van der Waals surface area contributed by atoms with Gasteiger partial charge in [-0.05, 0) is 12.5 Å². The van der Waals surface area contributed by atoms with Gasteiger partial charge in [0.25, 0.3) is 0 Å². The molecule has 3 heteroatoms. The van der Waals surface area contributed by atoms with Gasteiger partial charge in [-0.1, -0.05) is 29.8 Å². The van der Waals surface area contributed by atoms with E-state index < -0.39 is 6.10 Å². The van der Waals surface area contributed by atoms with Crippen molar-refractivity contribution in [2.24, 2.45) is 0 Å². The summed E-state index contributed by atoms with van der Waals surface area (Å²) in [6, 6.07) is 8.20. The Morgan fingerprint density at radius 2 is 2.06 bits per heavy atom. The van der Waals surface area contributed by atoms with Crippen LogP contribution in [0.3, 0.4) is 0 Å². The maximum absolute atomic E-state index is 9.99. The van der Waals surface area contributed by atoms with Crippen LogP contribution >= 0.6 is 0 Å². The number of benzene rings is 1. The highest BCUT2D eigenvalue weighted by Crippen LogP contribution is 2.12. The molecule has 1 aliphatic heterocycles. The molecule has 0 bridgehead atoms. The SMILES string of the molecule is Cc1ccc(CC(O)C2COCCO2)cc1. The third-order valence-corrected chi connectivity index (χ3v) is 2.84. The van der Waals surface area contributed by atoms with E-state index in [4.69, 9.17) is 9.47 Å². The van der Waals surface area contributed by atoms with Crippen molar-refractivity contribution in [1.29, 1.82) is 0 Å². The summed E-state index contributed by atoms with van der Waals surface area (Å²) in [5.41, 5.74) is 2.36. The Bertz CT molecular complexity index is 314. The van der Waals surface area contributed by atoms with Gasteiger partial charge in [-0.3, -0.25) is 0 Å². The largest absolute Gasteiger partial charge is 0.390 e. The minimum Gasteiger partial charge on any atom is -0.390 e. The van der Waals surface area contributed by atoms with Crippen LogP contribution in [0.1, 0.15) is 11.1 Å². The average molecular weight is 222 g/mol. The Kier molecular flexibility index (Phi) is 3.93. The second-order valence-electron chi connectivity index (χ2n) is 4.24. The fraction of sp³-hybridized carbons (Fsp3) is 0.538. The molecular weight excluding hydrogens is 204 g/mol. The van der Waals surface area contributed by atoms with E-state index in [1.165, 1.54) is 5.56 Å². The number of rotatable bonds is 3. The molecule has 2 atom stereocenters. The third-order valence-electron chi connectivity index (χ3n) is 2.84. The van der Waals surface area contributed by atoms with Gasteiger partial charge in [-0.25, -0.2) is 0 Å². The van der Waals surface area contributed by atoms with Crippen LogP contribution in [-0.4, -0.2) is 37.1 Å². The zero-order chi connectivity index (χ0) is 11.4. The Labute approximate surface area is 96.0 Å². The summed E-state index contributed by atoms with van der Waals surface area (Å²) >= 11 is 0. The van der Waals surface area contributed by atoms with Crippen LogP contribution in [-0.2, 0) is 15.9 Å². The van der Waals surface area contributed by atoms with Gasteiger partial charge in [0.1, 0.15) is 6.10 Å². The molecule has 1 heterocycles. The van der Waals surface area contributed by atoms with Gasteiger partial charge in [-0.2, -0.15) is 0 Å². The Morgan fingerprint density at radius 1 is 1.31 bits per heavy atom. The maximum atomic E-state index is 9.99. The molecule has 1 saturated heterocycles. The zero-order valence-corrected chi connectivity index (χ0v) is 9.56. The van der Waals surface area contributed by atoms with E-state index in [2.05, 4.69) is 19.1 Å². The van der Waals surface area contributed by atoms with Crippen molar-refractivity contribution >= 4 is 0 Å². The minimum absolute atomic E-state index is 0.185. The van der Waals surface area contributed by atoms with E-state index in [9.17, 15) is 5.11 Å². The lowest BCUT2D eigenvalue weighted by Gasteiger charge is -2.27.